The van der Waals surface area contributed by atoms with E-state index in [0.717, 1.165) is 33.5 Å². The fraction of sp³-hybridized carbons (Fsp3) is 0.367. The zero-order valence-electron chi connectivity index (χ0n) is 21.5. The molecule has 0 amide bonds. The number of nitrogens with zero attached hydrogens (tertiary/aromatic N) is 1. The lowest BCUT2D eigenvalue weighted by Gasteiger charge is -2.39. The molecule has 1 N–H and O–H groups in total. The molecule has 1 aliphatic heterocycles. The van der Waals surface area contributed by atoms with Crippen LogP contribution in [0.4, 0.5) is 0 Å². The maximum absolute atomic E-state index is 13.3. The van der Waals surface area contributed by atoms with Crippen molar-refractivity contribution in [3.05, 3.63) is 94.3 Å². The molecule has 0 fully saturated rings. The van der Waals surface area contributed by atoms with Gasteiger partial charge in [0.15, 0.2) is 11.4 Å². The monoisotopic (exact) mass is 487 g/mol. The van der Waals surface area contributed by atoms with E-state index in [1.165, 1.54) is 0 Å². The van der Waals surface area contributed by atoms with Crippen LogP contribution in [0.25, 0.3) is 0 Å². The fourth-order valence-electron chi connectivity index (χ4n) is 5.47. The molecule has 0 saturated carbocycles. The Bertz CT molecular complexity index is 1290. The molecule has 3 atom stereocenters. The highest BCUT2D eigenvalue weighted by Crippen LogP contribution is 2.50. The SMILES string of the molecule is COC1(c2ccccc2C)C=CC2=NCC(C)(c3ccccc3C)C2=C1OC(=O)CC(C)CC(=O)O. The fourth-order valence-corrected chi connectivity index (χ4v) is 5.47. The van der Waals surface area contributed by atoms with Crippen molar-refractivity contribution >= 4 is 17.7 Å². The molecule has 1 heterocycles. The first-order valence-corrected chi connectivity index (χ1v) is 12.2. The number of fused-ring (bicyclic) bond motifs is 1. The standard InChI is InChI=1S/C30H33NO5/c1-19(16-25(32)33)17-26(34)36-28-27-24(31-18-29(27,4)22-12-8-6-10-20(22)2)14-15-30(28,35-5)23-13-9-7-11-21(23)3/h6-15,19H,16-18H2,1-5H3,(H,32,33). The third kappa shape index (κ3) is 4.42. The minimum atomic E-state index is -1.14. The van der Waals surface area contributed by atoms with Crippen LogP contribution in [0.1, 0.15) is 48.9 Å². The summed E-state index contributed by atoms with van der Waals surface area (Å²) in [5.41, 5.74) is 4.01. The van der Waals surface area contributed by atoms with Crippen LogP contribution in [0, 0.1) is 19.8 Å². The summed E-state index contributed by atoms with van der Waals surface area (Å²) in [6.45, 7) is 8.44. The number of esters is 1. The highest BCUT2D eigenvalue weighted by molar-refractivity contribution is 6.14. The van der Waals surface area contributed by atoms with E-state index < -0.39 is 23.0 Å². The maximum atomic E-state index is 13.3. The number of aliphatic imine (C=N–C) groups is 1. The molecule has 6 heteroatoms. The Morgan fingerprint density at radius 1 is 1.03 bits per heavy atom. The zero-order chi connectivity index (χ0) is 26.1. The number of carboxylic acid groups (broad SMARTS) is 1. The van der Waals surface area contributed by atoms with Crippen LogP contribution in [-0.4, -0.2) is 36.4 Å². The lowest BCUT2D eigenvalue weighted by molar-refractivity contribution is -0.145. The molecular formula is C30H33NO5. The normalized spacial score (nSPS) is 23.8. The second-order valence-electron chi connectivity index (χ2n) is 10.0. The predicted molar refractivity (Wildman–Crippen MR) is 139 cm³/mol. The second kappa shape index (κ2) is 9.86. The topological polar surface area (TPSA) is 85.2 Å². The van der Waals surface area contributed by atoms with Crippen LogP contribution in [0.3, 0.4) is 0 Å². The molecular weight excluding hydrogens is 454 g/mol. The average Bonchev–Trinajstić information content (AvgIpc) is 3.17. The number of aliphatic carboxylic acids is 1. The van der Waals surface area contributed by atoms with Crippen molar-refractivity contribution in [3.8, 4) is 0 Å². The van der Waals surface area contributed by atoms with Gasteiger partial charge >= 0.3 is 11.9 Å². The number of aryl methyl sites for hydroxylation is 2. The van der Waals surface area contributed by atoms with E-state index in [-0.39, 0.29) is 18.8 Å². The van der Waals surface area contributed by atoms with Crippen LogP contribution in [0.2, 0.25) is 0 Å². The molecule has 2 aromatic rings. The van der Waals surface area contributed by atoms with Crippen LogP contribution < -0.4 is 0 Å². The van der Waals surface area contributed by atoms with Crippen molar-refractivity contribution < 1.29 is 24.2 Å². The first-order valence-electron chi connectivity index (χ1n) is 12.2. The van der Waals surface area contributed by atoms with Crippen LogP contribution in [0.5, 0.6) is 0 Å². The second-order valence-corrected chi connectivity index (χ2v) is 10.0. The lowest BCUT2D eigenvalue weighted by Crippen LogP contribution is -2.40. The molecule has 4 rings (SSSR count). The van der Waals surface area contributed by atoms with E-state index in [1.807, 2.05) is 55.5 Å². The number of benzene rings is 2. The van der Waals surface area contributed by atoms with Gasteiger partial charge in [-0.05, 0) is 61.1 Å². The van der Waals surface area contributed by atoms with Gasteiger partial charge in [0.2, 0.25) is 0 Å². The third-order valence-corrected chi connectivity index (χ3v) is 7.27. The summed E-state index contributed by atoms with van der Waals surface area (Å²) in [7, 11) is 1.61. The molecule has 36 heavy (non-hydrogen) atoms. The summed E-state index contributed by atoms with van der Waals surface area (Å²) in [6, 6.07) is 16.1. The summed E-state index contributed by atoms with van der Waals surface area (Å²) in [4.78, 5) is 29.3. The number of ether oxygens (including phenoxy) is 2. The van der Waals surface area contributed by atoms with Gasteiger partial charge in [-0.3, -0.25) is 14.6 Å². The molecule has 6 nitrogen and oxygen atoms in total. The summed E-state index contributed by atoms with van der Waals surface area (Å²) in [6.07, 6.45) is 3.74. The minimum Gasteiger partial charge on any atom is -0.481 e. The summed E-state index contributed by atoms with van der Waals surface area (Å²) < 4.78 is 12.4. The van der Waals surface area contributed by atoms with Gasteiger partial charge in [0, 0.05) is 30.9 Å². The number of carbonyl (C=O) groups is 2. The van der Waals surface area contributed by atoms with Gasteiger partial charge in [0.1, 0.15) is 0 Å². The van der Waals surface area contributed by atoms with Gasteiger partial charge in [-0.25, -0.2) is 0 Å². The number of allylic oxidation sites excluding steroid dienone is 1. The third-order valence-electron chi connectivity index (χ3n) is 7.27. The van der Waals surface area contributed by atoms with Crippen molar-refractivity contribution in [1.82, 2.24) is 0 Å². The van der Waals surface area contributed by atoms with E-state index >= 15 is 0 Å². The van der Waals surface area contributed by atoms with Crippen molar-refractivity contribution in [2.75, 3.05) is 13.7 Å². The van der Waals surface area contributed by atoms with E-state index in [9.17, 15) is 9.59 Å². The van der Waals surface area contributed by atoms with Crippen LogP contribution in [0.15, 0.2) is 77.0 Å². The Kier molecular flexibility index (Phi) is 7.01. The largest absolute Gasteiger partial charge is 0.481 e. The number of rotatable bonds is 8. The maximum Gasteiger partial charge on any atom is 0.311 e. The first-order chi connectivity index (χ1) is 17.1. The highest BCUT2D eigenvalue weighted by atomic mass is 16.6. The Morgan fingerprint density at radius 2 is 1.64 bits per heavy atom. The molecule has 0 saturated heterocycles. The molecule has 0 radical (unpaired) electrons. The average molecular weight is 488 g/mol. The summed E-state index contributed by atoms with van der Waals surface area (Å²) in [5.74, 6) is -1.40. The number of methoxy groups -OCH3 is 1. The Balaban J connectivity index is 1.92. The van der Waals surface area contributed by atoms with Crippen LogP contribution in [-0.2, 0) is 30.1 Å². The number of carbonyl (C=O) groups excluding carboxylic acids is 1. The number of hydrogen-bond acceptors (Lipinski definition) is 5. The van der Waals surface area contributed by atoms with E-state index in [1.54, 1.807) is 14.0 Å². The first kappa shape index (κ1) is 25.6. The molecule has 0 spiro atoms. The van der Waals surface area contributed by atoms with Gasteiger partial charge < -0.3 is 14.6 Å². The molecule has 0 aromatic heterocycles. The van der Waals surface area contributed by atoms with Crippen molar-refractivity contribution in [2.24, 2.45) is 10.9 Å². The Hall–Kier alpha value is -3.51. The Morgan fingerprint density at radius 3 is 2.22 bits per heavy atom. The van der Waals surface area contributed by atoms with Crippen molar-refractivity contribution in [2.45, 2.75) is 51.6 Å². The number of carboxylic acids is 1. The molecule has 2 aliphatic rings. The van der Waals surface area contributed by atoms with E-state index in [0.29, 0.717) is 12.3 Å². The van der Waals surface area contributed by atoms with E-state index in [4.69, 9.17) is 19.6 Å². The van der Waals surface area contributed by atoms with Crippen molar-refractivity contribution in [1.29, 1.82) is 0 Å². The van der Waals surface area contributed by atoms with Gasteiger partial charge in [-0.2, -0.15) is 0 Å². The molecule has 3 unspecified atom stereocenters. The molecule has 0 bridgehead atoms. The summed E-state index contributed by atoms with van der Waals surface area (Å²) in [5, 5.41) is 9.16. The molecule has 188 valence electrons. The van der Waals surface area contributed by atoms with Gasteiger partial charge in [-0.15, -0.1) is 0 Å². The van der Waals surface area contributed by atoms with E-state index in [2.05, 4.69) is 26.0 Å². The lowest BCUT2D eigenvalue weighted by atomic mass is 9.69. The smallest absolute Gasteiger partial charge is 0.311 e. The number of hydrogen-bond donors (Lipinski definition) is 1. The molecule has 2 aromatic carbocycles. The van der Waals surface area contributed by atoms with Crippen molar-refractivity contribution in [3.63, 3.8) is 0 Å². The quantitative estimate of drug-likeness (QED) is 0.502. The minimum absolute atomic E-state index is 0.0199. The zero-order valence-corrected chi connectivity index (χ0v) is 21.5. The van der Waals surface area contributed by atoms with Gasteiger partial charge in [0.05, 0.1) is 12.3 Å². The van der Waals surface area contributed by atoms with Crippen LogP contribution >= 0.6 is 0 Å². The molecule has 1 aliphatic carbocycles. The highest BCUT2D eigenvalue weighted by Gasteiger charge is 2.51. The van der Waals surface area contributed by atoms with Gasteiger partial charge in [0.25, 0.3) is 0 Å². The predicted octanol–water partition coefficient (Wildman–Crippen LogP) is 5.43. The van der Waals surface area contributed by atoms with Gasteiger partial charge in [-0.1, -0.05) is 55.5 Å². The summed E-state index contributed by atoms with van der Waals surface area (Å²) >= 11 is 0. The Labute approximate surface area is 212 Å².